The molecular weight excluding hydrogens is 355 g/mol. The van der Waals surface area contributed by atoms with E-state index >= 15 is 0 Å². The van der Waals surface area contributed by atoms with Gasteiger partial charge in [0.15, 0.2) is 10.8 Å². The van der Waals surface area contributed by atoms with E-state index in [4.69, 9.17) is 0 Å². The largest absolute Gasteiger partial charge is 0.370 e. The molecule has 0 saturated carbocycles. The molecule has 0 unspecified atom stereocenters. The first kappa shape index (κ1) is 16.6. The van der Waals surface area contributed by atoms with E-state index in [-0.39, 0.29) is 11.6 Å². The van der Waals surface area contributed by atoms with Gasteiger partial charge in [-0.05, 0) is 31.9 Å². The van der Waals surface area contributed by atoms with Gasteiger partial charge in [-0.2, -0.15) is 5.10 Å². The van der Waals surface area contributed by atoms with Gasteiger partial charge in [0.25, 0.3) is 5.91 Å². The average Bonchev–Trinajstić information content (AvgIpc) is 3.37. The molecule has 1 amide bonds. The molecule has 1 fully saturated rings. The van der Waals surface area contributed by atoms with Crippen LogP contribution in [0.25, 0.3) is 10.8 Å². The number of amides is 1. The summed E-state index contributed by atoms with van der Waals surface area (Å²) in [4.78, 5) is 23.7. The number of aromatic amines is 1. The maximum atomic E-state index is 14.4. The number of halogens is 1. The van der Waals surface area contributed by atoms with Crippen molar-refractivity contribution in [2.45, 2.75) is 19.8 Å². The number of hydrogen-bond acceptors (Lipinski definition) is 6. The van der Waals surface area contributed by atoms with Crippen molar-refractivity contribution in [3.63, 3.8) is 0 Å². The highest BCUT2D eigenvalue weighted by atomic mass is 32.1. The Labute approximate surface area is 153 Å². The molecule has 2 aromatic heterocycles. The molecule has 2 N–H and O–H groups in total. The molecule has 1 aromatic carbocycles. The lowest BCUT2D eigenvalue weighted by atomic mass is 10.2. The van der Waals surface area contributed by atoms with Crippen molar-refractivity contribution in [3.05, 3.63) is 40.9 Å². The number of H-pyrrole nitrogens is 1. The number of para-hydroxylation sites is 1. The Balaban J connectivity index is 1.63. The van der Waals surface area contributed by atoms with Crippen LogP contribution in [-0.2, 0) is 0 Å². The number of hydrogen-bond donors (Lipinski definition) is 2. The predicted molar refractivity (Wildman–Crippen MR) is 98.0 cm³/mol. The Morgan fingerprint density at radius 3 is 2.88 bits per heavy atom. The second-order valence-corrected chi connectivity index (χ2v) is 7.05. The second kappa shape index (κ2) is 6.83. The standard InChI is InChI=1S/C17H17FN6OS/c1-10-14(26-17(21-10)15-19-9-20-23-15)16(25)22-13-11(18)5-4-6-12(13)24-7-2-3-8-24/h4-6,9H,2-3,7-8H2,1H3,(H,22,25)(H,19,20,23). The SMILES string of the molecule is Cc1nc(-c2ncn[nH]2)sc1C(=O)Nc1c(F)cccc1N1CCCC1. The molecule has 1 aliphatic rings. The summed E-state index contributed by atoms with van der Waals surface area (Å²) in [7, 11) is 0. The van der Waals surface area contributed by atoms with Gasteiger partial charge in [-0.3, -0.25) is 9.89 Å². The zero-order valence-corrected chi connectivity index (χ0v) is 14.9. The second-order valence-electron chi connectivity index (χ2n) is 6.05. The van der Waals surface area contributed by atoms with Crippen LogP contribution in [0.15, 0.2) is 24.5 Å². The van der Waals surface area contributed by atoms with E-state index in [1.165, 1.54) is 23.7 Å². The van der Waals surface area contributed by atoms with E-state index in [1.807, 2.05) is 6.07 Å². The summed E-state index contributed by atoms with van der Waals surface area (Å²) in [6, 6.07) is 4.86. The number of nitrogens with zero attached hydrogens (tertiary/aromatic N) is 4. The molecular formula is C17H17FN6OS. The Hall–Kier alpha value is -2.81. The van der Waals surface area contributed by atoms with Crippen LogP contribution >= 0.6 is 11.3 Å². The van der Waals surface area contributed by atoms with Gasteiger partial charge in [-0.25, -0.2) is 14.4 Å². The highest BCUT2D eigenvalue weighted by Crippen LogP contribution is 2.33. The topological polar surface area (TPSA) is 86.8 Å². The van der Waals surface area contributed by atoms with Gasteiger partial charge in [-0.15, -0.1) is 11.3 Å². The van der Waals surface area contributed by atoms with E-state index in [1.54, 1.807) is 13.0 Å². The molecule has 1 aliphatic heterocycles. The molecule has 3 heterocycles. The number of nitrogens with one attached hydrogen (secondary N) is 2. The molecule has 134 valence electrons. The first-order valence-electron chi connectivity index (χ1n) is 8.31. The first-order valence-corrected chi connectivity index (χ1v) is 9.13. The Kier molecular flexibility index (Phi) is 4.37. The zero-order valence-electron chi connectivity index (χ0n) is 14.1. The van der Waals surface area contributed by atoms with E-state index in [0.29, 0.717) is 27.1 Å². The van der Waals surface area contributed by atoms with E-state index < -0.39 is 5.82 Å². The van der Waals surface area contributed by atoms with E-state index in [9.17, 15) is 9.18 Å². The van der Waals surface area contributed by atoms with Crippen LogP contribution in [0.3, 0.4) is 0 Å². The number of aryl methyl sites for hydroxylation is 1. The molecule has 1 saturated heterocycles. The number of anilines is 2. The number of carbonyl (C=O) groups is 1. The summed E-state index contributed by atoms with van der Waals surface area (Å²) in [5, 5.41) is 9.83. The molecule has 7 nitrogen and oxygen atoms in total. The Morgan fingerprint density at radius 2 is 2.15 bits per heavy atom. The third-order valence-corrected chi connectivity index (χ3v) is 5.46. The Morgan fingerprint density at radius 1 is 1.35 bits per heavy atom. The minimum Gasteiger partial charge on any atom is -0.370 e. The van der Waals surface area contributed by atoms with Crippen molar-refractivity contribution >= 4 is 28.6 Å². The fraction of sp³-hybridized carbons (Fsp3) is 0.294. The molecule has 26 heavy (non-hydrogen) atoms. The zero-order chi connectivity index (χ0) is 18.1. The predicted octanol–water partition coefficient (Wildman–Crippen LogP) is 3.23. The van der Waals surface area contributed by atoms with Gasteiger partial charge in [0, 0.05) is 13.1 Å². The molecule has 0 radical (unpaired) electrons. The van der Waals surface area contributed by atoms with Gasteiger partial charge in [0.2, 0.25) is 0 Å². The van der Waals surface area contributed by atoms with Crippen molar-refractivity contribution in [1.82, 2.24) is 20.2 Å². The number of thiazole rings is 1. The summed E-state index contributed by atoms with van der Waals surface area (Å²) in [6.07, 6.45) is 3.52. The molecule has 4 rings (SSSR count). The highest BCUT2D eigenvalue weighted by Gasteiger charge is 2.23. The smallest absolute Gasteiger partial charge is 0.267 e. The fourth-order valence-electron chi connectivity index (χ4n) is 3.05. The van der Waals surface area contributed by atoms with Gasteiger partial charge in [0.1, 0.15) is 22.7 Å². The molecule has 0 atom stereocenters. The molecule has 0 aliphatic carbocycles. The van der Waals surface area contributed by atoms with Crippen molar-refractivity contribution in [1.29, 1.82) is 0 Å². The van der Waals surface area contributed by atoms with Gasteiger partial charge in [-0.1, -0.05) is 6.07 Å². The molecule has 9 heteroatoms. The number of rotatable bonds is 4. The lowest BCUT2D eigenvalue weighted by molar-refractivity contribution is 0.102. The quantitative estimate of drug-likeness (QED) is 0.734. The van der Waals surface area contributed by atoms with Gasteiger partial charge >= 0.3 is 0 Å². The van der Waals surface area contributed by atoms with Crippen LogP contribution < -0.4 is 10.2 Å². The number of carbonyl (C=O) groups excluding carboxylic acids is 1. The van der Waals surface area contributed by atoms with Gasteiger partial charge in [0.05, 0.1) is 11.4 Å². The van der Waals surface area contributed by atoms with Crippen molar-refractivity contribution in [2.75, 3.05) is 23.3 Å². The fourth-order valence-corrected chi connectivity index (χ4v) is 3.95. The summed E-state index contributed by atoms with van der Waals surface area (Å²) >= 11 is 1.20. The third-order valence-electron chi connectivity index (χ3n) is 4.30. The van der Waals surface area contributed by atoms with E-state index in [0.717, 1.165) is 25.9 Å². The Bertz CT molecular complexity index is 933. The number of benzene rings is 1. The van der Waals surface area contributed by atoms with Crippen molar-refractivity contribution < 1.29 is 9.18 Å². The highest BCUT2D eigenvalue weighted by molar-refractivity contribution is 7.17. The lowest BCUT2D eigenvalue weighted by Crippen LogP contribution is -2.22. The van der Waals surface area contributed by atoms with Crippen LogP contribution in [0.5, 0.6) is 0 Å². The average molecular weight is 372 g/mol. The van der Waals surface area contributed by atoms with Crippen LogP contribution in [0.1, 0.15) is 28.2 Å². The normalized spacial score (nSPS) is 14.0. The van der Waals surface area contributed by atoms with Crippen molar-refractivity contribution in [2.24, 2.45) is 0 Å². The molecule has 3 aromatic rings. The minimum absolute atomic E-state index is 0.216. The van der Waals surface area contributed by atoms with Crippen LogP contribution in [0.2, 0.25) is 0 Å². The van der Waals surface area contributed by atoms with Gasteiger partial charge < -0.3 is 10.2 Å². The number of aromatic nitrogens is 4. The van der Waals surface area contributed by atoms with Crippen LogP contribution in [-0.4, -0.2) is 39.2 Å². The molecule has 0 spiro atoms. The monoisotopic (exact) mass is 372 g/mol. The summed E-state index contributed by atoms with van der Waals surface area (Å²) in [5.41, 5.74) is 1.50. The van der Waals surface area contributed by atoms with Crippen LogP contribution in [0.4, 0.5) is 15.8 Å². The maximum Gasteiger partial charge on any atom is 0.267 e. The third kappa shape index (κ3) is 3.05. The summed E-state index contributed by atoms with van der Waals surface area (Å²) in [6.45, 7) is 3.47. The summed E-state index contributed by atoms with van der Waals surface area (Å²) < 4.78 is 14.4. The van der Waals surface area contributed by atoms with Crippen LogP contribution in [0, 0.1) is 12.7 Å². The van der Waals surface area contributed by atoms with E-state index in [2.05, 4.69) is 30.4 Å². The maximum absolute atomic E-state index is 14.4. The first-order chi connectivity index (χ1) is 12.6. The minimum atomic E-state index is -0.444. The summed E-state index contributed by atoms with van der Waals surface area (Å²) in [5.74, 6) is -0.322. The lowest BCUT2D eigenvalue weighted by Gasteiger charge is -2.21. The van der Waals surface area contributed by atoms with Crippen molar-refractivity contribution in [3.8, 4) is 10.8 Å². The molecule has 0 bridgehead atoms.